The van der Waals surface area contributed by atoms with Crippen LogP contribution in [0.2, 0.25) is 0 Å². The molecule has 0 bridgehead atoms. The molecule has 0 fully saturated rings. The minimum atomic E-state index is 0.449. The normalized spacial score (nSPS) is 9.90. The summed E-state index contributed by atoms with van der Waals surface area (Å²) in [4.78, 5) is 15.0. The number of hydrogen-bond donors (Lipinski definition) is 1. The molecule has 0 radical (unpaired) electrons. The fourth-order valence-electron chi connectivity index (χ4n) is 1.83. The third kappa shape index (κ3) is 3.83. The molecular formula is C16H14N2O2S. The van der Waals surface area contributed by atoms with E-state index >= 15 is 0 Å². The van der Waals surface area contributed by atoms with Gasteiger partial charge >= 0.3 is 0 Å². The van der Waals surface area contributed by atoms with Crippen LogP contribution >= 0.6 is 12.6 Å². The fourth-order valence-corrected chi connectivity index (χ4v) is 1.96. The predicted molar refractivity (Wildman–Crippen MR) is 83.7 cm³/mol. The van der Waals surface area contributed by atoms with Crippen molar-refractivity contribution in [3.63, 3.8) is 0 Å². The molecule has 2 rings (SSSR count). The lowest BCUT2D eigenvalue weighted by Crippen LogP contribution is -2.00. The Morgan fingerprint density at radius 1 is 1.33 bits per heavy atom. The Labute approximate surface area is 128 Å². The van der Waals surface area contributed by atoms with Gasteiger partial charge in [0.1, 0.15) is 18.1 Å². The van der Waals surface area contributed by atoms with Gasteiger partial charge in [0.25, 0.3) is 0 Å². The van der Waals surface area contributed by atoms with Crippen LogP contribution in [-0.2, 0) is 0 Å². The van der Waals surface area contributed by atoms with Crippen molar-refractivity contribution in [1.82, 2.24) is 4.98 Å². The molecular weight excluding hydrogens is 284 g/mol. The Hall–Kier alpha value is -2.32. The van der Waals surface area contributed by atoms with Crippen LogP contribution in [0.4, 0.5) is 0 Å². The second-order valence-corrected chi connectivity index (χ2v) is 4.79. The van der Waals surface area contributed by atoms with Crippen molar-refractivity contribution in [2.24, 2.45) is 0 Å². The number of carbonyl (C=O) groups is 1. The molecule has 0 aliphatic carbocycles. The van der Waals surface area contributed by atoms with E-state index < -0.39 is 0 Å². The van der Waals surface area contributed by atoms with Gasteiger partial charge in [0.2, 0.25) is 0 Å². The smallest absolute Gasteiger partial charge is 0.150 e. The first-order valence-corrected chi connectivity index (χ1v) is 7.11. The van der Waals surface area contributed by atoms with Gasteiger partial charge < -0.3 is 4.74 Å². The summed E-state index contributed by atoms with van der Waals surface area (Å²) in [5.74, 6) is 1.29. The van der Waals surface area contributed by atoms with Crippen molar-refractivity contribution in [3.8, 4) is 23.1 Å². The van der Waals surface area contributed by atoms with E-state index in [-0.39, 0.29) is 0 Å². The number of thiol groups is 1. The minimum Gasteiger partial charge on any atom is -0.492 e. The van der Waals surface area contributed by atoms with Crippen LogP contribution in [0.5, 0.6) is 5.75 Å². The number of aldehydes is 1. The zero-order valence-corrected chi connectivity index (χ0v) is 12.2. The van der Waals surface area contributed by atoms with Gasteiger partial charge in [-0.15, -0.1) is 0 Å². The van der Waals surface area contributed by atoms with E-state index in [4.69, 9.17) is 4.74 Å². The molecule has 0 aliphatic rings. The van der Waals surface area contributed by atoms with Gasteiger partial charge in [-0.2, -0.15) is 17.9 Å². The maximum absolute atomic E-state index is 10.8. The molecule has 0 unspecified atom stereocenters. The van der Waals surface area contributed by atoms with Crippen LogP contribution in [0.25, 0.3) is 11.3 Å². The molecule has 1 aromatic heterocycles. The number of rotatable bonds is 6. The van der Waals surface area contributed by atoms with Crippen molar-refractivity contribution in [1.29, 1.82) is 5.26 Å². The lowest BCUT2D eigenvalue weighted by molar-refractivity contribution is 0.112. The van der Waals surface area contributed by atoms with Crippen molar-refractivity contribution < 1.29 is 9.53 Å². The Kier molecular flexibility index (Phi) is 5.35. The quantitative estimate of drug-likeness (QED) is 0.505. The van der Waals surface area contributed by atoms with Crippen LogP contribution in [0.3, 0.4) is 0 Å². The monoisotopic (exact) mass is 298 g/mol. The first kappa shape index (κ1) is 15.1. The molecule has 1 aromatic carbocycles. The Morgan fingerprint density at radius 3 is 2.90 bits per heavy atom. The maximum atomic E-state index is 10.8. The van der Waals surface area contributed by atoms with Crippen LogP contribution in [0.15, 0.2) is 36.5 Å². The second-order valence-electron chi connectivity index (χ2n) is 4.34. The molecule has 21 heavy (non-hydrogen) atoms. The van der Waals surface area contributed by atoms with E-state index in [2.05, 4.69) is 23.7 Å². The molecule has 0 saturated heterocycles. The summed E-state index contributed by atoms with van der Waals surface area (Å²) in [5, 5.41) is 9.23. The lowest BCUT2D eigenvalue weighted by Gasteiger charge is -2.09. The summed E-state index contributed by atoms with van der Waals surface area (Å²) in [7, 11) is 0. The molecule has 2 aromatic rings. The topological polar surface area (TPSA) is 63.0 Å². The van der Waals surface area contributed by atoms with E-state index in [0.717, 1.165) is 24.0 Å². The Morgan fingerprint density at radius 2 is 2.19 bits per heavy atom. The highest BCUT2D eigenvalue weighted by Crippen LogP contribution is 2.25. The first-order valence-electron chi connectivity index (χ1n) is 6.48. The molecule has 1 heterocycles. The van der Waals surface area contributed by atoms with Crippen LogP contribution in [0.1, 0.15) is 22.3 Å². The van der Waals surface area contributed by atoms with Crippen LogP contribution in [-0.4, -0.2) is 23.6 Å². The summed E-state index contributed by atoms with van der Waals surface area (Å²) in [6, 6.07) is 10.7. The number of nitriles is 1. The highest BCUT2D eigenvalue weighted by molar-refractivity contribution is 7.80. The van der Waals surface area contributed by atoms with Gasteiger partial charge in [-0.3, -0.25) is 9.78 Å². The zero-order valence-electron chi connectivity index (χ0n) is 11.3. The first-order chi connectivity index (χ1) is 10.3. The molecule has 5 heteroatoms. The summed E-state index contributed by atoms with van der Waals surface area (Å²) in [6.45, 7) is 0.524. The number of benzene rings is 1. The van der Waals surface area contributed by atoms with Gasteiger partial charge in [0.15, 0.2) is 0 Å². The van der Waals surface area contributed by atoms with E-state index in [9.17, 15) is 10.1 Å². The zero-order chi connectivity index (χ0) is 15.1. The van der Waals surface area contributed by atoms with Gasteiger partial charge in [0.05, 0.1) is 17.9 Å². The number of pyridine rings is 1. The summed E-state index contributed by atoms with van der Waals surface area (Å²) in [5.41, 5.74) is 2.42. The summed E-state index contributed by atoms with van der Waals surface area (Å²) in [6.07, 6.45) is 3.16. The predicted octanol–water partition coefficient (Wildman–Crippen LogP) is 3.13. The molecule has 0 atom stereocenters. The average Bonchev–Trinajstić information content (AvgIpc) is 2.55. The SMILES string of the molecule is N#Cc1cc(-c2cc(C=O)ccn2)ccc1OCCCS. The standard InChI is InChI=1S/C16H14N2O2S/c17-10-14-9-13(2-3-16(14)20-6-1-7-21)15-8-12(11-19)4-5-18-15/h2-5,8-9,11,21H,1,6-7H2. The summed E-state index contributed by atoms with van der Waals surface area (Å²) < 4.78 is 5.56. The molecule has 0 aliphatic heterocycles. The maximum Gasteiger partial charge on any atom is 0.150 e. The molecule has 0 spiro atoms. The van der Waals surface area contributed by atoms with E-state index in [1.807, 2.05) is 6.07 Å². The van der Waals surface area contributed by atoms with Crippen LogP contribution < -0.4 is 4.74 Å². The van der Waals surface area contributed by atoms with Gasteiger partial charge in [-0.1, -0.05) is 0 Å². The number of nitrogens with zero attached hydrogens (tertiary/aromatic N) is 2. The third-order valence-electron chi connectivity index (χ3n) is 2.88. The van der Waals surface area contributed by atoms with E-state index in [0.29, 0.717) is 29.2 Å². The largest absolute Gasteiger partial charge is 0.492 e. The fraction of sp³-hybridized carbons (Fsp3) is 0.188. The van der Waals surface area contributed by atoms with Crippen molar-refractivity contribution >= 4 is 18.9 Å². The molecule has 0 N–H and O–H groups in total. The van der Waals surface area contributed by atoms with Gasteiger partial charge in [-0.05, 0) is 42.5 Å². The lowest BCUT2D eigenvalue weighted by atomic mass is 10.1. The van der Waals surface area contributed by atoms with Gasteiger partial charge in [-0.25, -0.2) is 0 Å². The second kappa shape index (κ2) is 7.46. The molecule has 0 amide bonds. The number of aromatic nitrogens is 1. The minimum absolute atomic E-state index is 0.449. The van der Waals surface area contributed by atoms with Crippen molar-refractivity contribution in [3.05, 3.63) is 47.7 Å². The Bertz CT molecular complexity index is 680. The highest BCUT2D eigenvalue weighted by atomic mass is 32.1. The van der Waals surface area contributed by atoms with Crippen LogP contribution in [0, 0.1) is 11.3 Å². The highest BCUT2D eigenvalue weighted by Gasteiger charge is 2.07. The molecule has 106 valence electrons. The van der Waals surface area contributed by atoms with Gasteiger partial charge in [0, 0.05) is 17.3 Å². The molecule has 4 nitrogen and oxygen atoms in total. The summed E-state index contributed by atoms with van der Waals surface area (Å²) >= 11 is 4.12. The van der Waals surface area contributed by atoms with E-state index in [1.165, 1.54) is 0 Å². The van der Waals surface area contributed by atoms with Crippen molar-refractivity contribution in [2.75, 3.05) is 12.4 Å². The van der Waals surface area contributed by atoms with E-state index in [1.54, 1.807) is 30.5 Å². The molecule has 0 saturated carbocycles. The number of carbonyl (C=O) groups excluding carboxylic acids is 1. The number of ether oxygens (including phenoxy) is 1. The Balaban J connectivity index is 2.30. The third-order valence-corrected chi connectivity index (χ3v) is 3.19. The average molecular weight is 298 g/mol. The van der Waals surface area contributed by atoms with Crippen molar-refractivity contribution in [2.45, 2.75) is 6.42 Å². The number of hydrogen-bond acceptors (Lipinski definition) is 5.